The van der Waals surface area contributed by atoms with Crippen LogP contribution < -0.4 is 0 Å². The summed E-state index contributed by atoms with van der Waals surface area (Å²) in [6.45, 7) is 3.90. The molecule has 5 heteroatoms. The van der Waals surface area contributed by atoms with Gasteiger partial charge in [0.25, 0.3) is 0 Å². The predicted molar refractivity (Wildman–Crippen MR) is 70.9 cm³/mol. The van der Waals surface area contributed by atoms with Gasteiger partial charge >= 0.3 is 11.9 Å². The van der Waals surface area contributed by atoms with Crippen molar-refractivity contribution in [1.82, 2.24) is 4.57 Å². The average Bonchev–Trinajstić information content (AvgIpc) is 2.65. The summed E-state index contributed by atoms with van der Waals surface area (Å²) in [5, 5.41) is 18.9. The molecule has 2 aromatic rings. The Kier molecular flexibility index (Phi) is 3.06. The van der Waals surface area contributed by atoms with Crippen molar-refractivity contribution in [3.63, 3.8) is 0 Å². The number of carbonyl (C=O) groups is 2. The number of aryl methyl sites for hydroxylation is 1. The quantitative estimate of drug-likeness (QED) is 0.890. The van der Waals surface area contributed by atoms with Crippen LogP contribution in [0.5, 0.6) is 0 Å². The van der Waals surface area contributed by atoms with E-state index >= 15 is 0 Å². The third kappa shape index (κ3) is 2.07. The van der Waals surface area contributed by atoms with Gasteiger partial charge in [-0.1, -0.05) is 13.8 Å². The minimum absolute atomic E-state index is 0.108. The molecular formula is C14H15NO4. The zero-order valence-corrected chi connectivity index (χ0v) is 11.0. The molecule has 0 aliphatic carbocycles. The maximum absolute atomic E-state index is 11.2. The molecule has 19 heavy (non-hydrogen) atoms. The Balaban J connectivity index is 2.88. The van der Waals surface area contributed by atoms with Crippen LogP contribution in [-0.4, -0.2) is 26.7 Å². The zero-order chi connectivity index (χ0) is 14.3. The Hall–Kier alpha value is -2.30. The smallest absolute Gasteiger partial charge is 0.352 e. The van der Waals surface area contributed by atoms with Gasteiger partial charge in [-0.25, -0.2) is 9.59 Å². The molecule has 1 aromatic carbocycles. The van der Waals surface area contributed by atoms with Gasteiger partial charge in [0.15, 0.2) is 0 Å². The number of benzene rings is 1. The second kappa shape index (κ2) is 4.42. The highest BCUT2D eigenvalue weighted by Gasteiger charge is 2.18. The van der Waals surface area contributed by atoms with Crippen LogP contribution in [-0.2, 0) is 7.05 Å². The third-order valence-corrected chi connectivity index (χ3v) is 3.25. The van der Waals surface area contributed by atoms with Crippen molar-refractivity contribution in [2.45, 2.75) is 19.8 Å². The fourth-order valence-corrected chi connectivity index (χ4v) is 2.31. The molecule has 1 heterocycles. The van der Waals surface area contributed by atoms with Crippen molar-refractivity contribution >= 4 is 22.8 Å². The van der Waals surface area contributed by atoms with E-state index in [0.717, 1.165) is 11.1 Å². The van der Waals surface area contributed by atoms with Crippen LogP contribution in [0.15, 0.2) is 18.2 Å². The highest BCUT2D eigenvalue weighted by molar-refractivity contribution is 5.99. The van der Waals surface area contributed by atoms with Gasteiger partial charge in [-0.2, -0.15) is 0 Å². The molecule has 1 aromatic heterocycles. The lowest BCUT2D eigenvalue weighted by atomic mass is 9.97. The molecule has 2 rings (SSSR count). The van der Waals surface area contributed by atoms with Crippen molar-refractivity contribution in [2.24, 2.45) is 7.05 Å². The number of nitrogens with zero attached hydrogens (tertiary/aromatic N) is 1. The molecule has 0 aliphatic rings. The van der Waals surface area contributed by atoms with Crippen LogP contribution in [0, 0.1) is 0 Å². The lowest BCUT2D eigenvalue weighted by molar-refractivity contribution is 0.0680. The number of carboxylic acids is 2. The van der Waals surface area contributed by atoms with E-state index in [4.69, 9.17) is 10.2 Å². The lowest BCUT2D eigenvalue weighted by Crippen LogP contribution is -2.06. The summed E-state index contributed by atoms with van der Waals surface area (Å²) in [6.07, 6.45) is 0. The van der Waals surface area contributed by atoms with E-state index in [0.29, 0.717) is 5.39 Å². The fraction of sp³-hybridized carbons (Fsp3) is 0.286. The monoisotopic (exact) mass is 261 g/mol. The summed E-state index contributed by atoms with van der Waals surface area (Å²) in [5.74, 6) is -1.92. The van der Waals surface area contributed by atoms with Crippen LogP contribution in [0.2, 0.25) is 0 Å². The summed E-state index contributed by atoms with van der Waals surface area (Å²) in [5.41, 5.74) is 1.94. The second-order valence-electron chi connectivity index (χ2n) is 4.86. The first-order chi connectivity index (χ1) is 8.82. The van der Waals surface area contributed by atoms with E-state index in [9.17, 15) is 9.59 Å². The molecule has 0 unspecified atom stereocenters. The van der Waals surface area contributed by atoms with Gasteiger partial charge in [-0.3, -0.25) is 0 Å². The molecule has 0 saturated carbocycles. The van der Waals surface area contributed by atoms with Gasteiger partial charge in [-0.05, 0) is 29.7 Å². The molecule has 0 aliphatic heterocycles. The summed E-state index contributed by atoms with van der Waals surface area (Å²) in [7, 11) is 1.68. The number of aromatic nitrogens is 1. The van der Waals surface area contributed by atoms with Crippen molar-refractivity contribution < 1.29 is 19.8 Å². The molecule has 2 N–H and O–H groups in total. The Morgan fingerprint density at radius 3 is 2.21 bits per heavy atom. The van der Waals surface area contributed by atoms with Crippen molar-refractivity contribution in [3.05, 3.63) is 35.0 Å². The molecular weight excluding hydrogens is 246 g/mol. The maximum atomic E-state index is 11.2. The molecule has 0 fully saturated rings. The summed E-state index contributed by atoms with van der Waals surface area (Å²) in [4.78, 5) is 22.3. The minimum atomic E-state index is -1.02. The van der Waals surface area contributed by atoms with Gasteiger partial charge in [0.05, 0.1) is 11.1 Å². The summed E-state index contributed by atoms with van der Waals surface area (Å²) in [6, 6.07) is 4.63. The SMILES string of the molecule is CC(C)c1cc(C(=O)O)cc2cc(C(=O)O)n(C)c12. The minimum Gasteiger partial charge on any atom is -0.478 e. The number of rotatable bonds is 3. The fourth-order valence-electron chi connectivity index (χ4n) is 2.31. The molecule has 100 valence electrons. The number of hydrogen-bond donors (Lipinski definition) is 2. The van der Waals surface area contributed by atoms with E-state index in [-0.39, 0.29) is 17.2 Å². The number of fused-ring (bicyclic) bond motifs is 1. The topological polar surface area (TPSA) is 79.5 Å². The molecule has 0 saturated heterocycles. The van der Waals surface area contributed by atoms with Crippen LogP contribution in [0.4, 0.5) is 0 Å². The first-order valence-electron chi connectivity index (χ1n) is 5.93. The Morgan fingerprint density at radius 1 is 1.11 bits per heavy atom. The Morgan fingerprint density at radius 2 is 1.74 bits per heavy atom. The second-order valence-corrected chi connectivity index (χ2v) is 4.86. The largest absolute Gasteiger partial charge is 0.478 e. The average molecular weight is 261 g/mol. The normalized spacial score (nSPS) is 11.2. The van der Waals surface area contributed by atoms with Crippen LogP contribution in [0.3, 0.4) is 0 Å². The lowest BCUT2D eigenvalue weighted by Gasteiger charge is -2.11. The highest BCUT2D eigenvalue weighted by atomic mass is 16.4. The van der Waals surface area contributed by atoms with Crippen LogP contribution in [0.1, 0.15) is 46.2 Å². The van der Waals surface area contributed by atoms with Crippen LogP contribution >= 0.6 is 0 Å². The zero-order valence-electron chi connectivity index (χ0n) is 11.0. The molecule has 0 amide bonds. The van der Waals surface area contributed by atoms with E-state index in [1.165, 1.54) is 12.1 Å². The standard InChI is InChI=1S/C14H15NO4/c1-7(2)10-5-9(13(16)17)4-8-6-11(14(18)19)15(3)12(8)10/h4-7H,1-3H3,(H,16,17)(H,18,19). The van der Waals surface area contributed by atoms with Gasteiger partial charge in [0, 0.05) is 12.4 Å². The number of hydrogen-bond acceptors (Lipinski definition) is 2. The van der Waals surface area contributed by atoms with Crippen LogP contribution in [0.25, 0.3) is 10.9 Å². The number of aromatic carboxylic acids is 2. The summed E-state index contributed by atoms with van der Waals surface area (Å²) < 4.78 is 1.60. The molecule has 0 atom stereocenters. The Bertz CT molecular complexity index is 682. The highest BCUT2D eigenvalue weighted by Crippen LogP contribution is 2.29. The first-order valence-corrected chi connectivity index (χ1v) is 5.93. The van der Waals surface area contributed by atoms with Gasteiger partial charge in [0.2, 0.25) is 0 Å². The van der Waals surface area contributed by atoms with Gasteiger partial charge in [0.1, 0.15) is 5.69 Å². The molecule has 0 radical (unpaired) electrons. The molecule has 0 bridgehead atoms. The van der Waals surface area contributed by atoms with E-state index in [1.54, 1.807) is 17.7 Å². The first kappa shape index (κ1) is 13.1. The maximum Gasteiger partial charge on any atom is 0.352 e. The van der Waals surface area contributed by atoms with E-state index in [2.05, 4.69) is 0 Å². The third-order valence-electron chi connectivity index (χ3n) is 3.25. The van der Waals surface area contributed by atoms with Crippen molar-refractivity contribution in [1.29, 1.82) is 0 Å². The van der Waals surface area contributed by atoms with Gasteiger partial charge < -0.3 is 14.8 Å². The number of carboxylic acid groups (broad SMARTS) is 2. The molecule has 0 spiro atoms. The van der Waals surface area contributed by atoms with E-state index < -0.39 is 11.9 Å². The van der Waals surface area contributed by atoms with Gasteiger partial charge in [-0.15, -0.1) is 0 Å². The Labute approximate surface area is 110 Å². The van der Waals surface area contributed by atoms with Crippen molar-refractivity contribution in [2.75, 3.05) is 0 Å². The van der Waals surface area contributed by atoms with Crippen molar-refractivity contribution in [3.8, 4) is 0 Å². The van der Waals surface area contributed by atoms with E-state index in [1.807, 2.05) is 13.8 Å². The molecule has 5 nitrogen and oxygen atoms in total. The summed E-state index contributed by atoms with van der Waals surface area (Å²) >= 11 is 0. The predicted octanol–water partition coefficient (Wildman–Crippen LogP) is 2.70.